The molecule has 2 aromatic heterocycles. The van der Waals surface area contributed by atoms with Gasteiger partial charge in [-0.05, 0) is 135 Å². The molecule has 0 unspecified atom stereocenters. The van der Waals surface area contributed by atoms with Crippen molar-refractivity contribution < 1.29 is 0 Å². The van der Waals surface area contributed by atoms with Gasteiger partial charge in [0.1, 0.15) is 0 Å². The molecular weight excluding hydrogens is 692 g/mol. The van der Waals surface area contributed by atoms with Crippen molar-refractivity contribution in [2.45, 2.75) is 80.1 Å². The third-order valence-corrected chi connectivity index (χ3v) is 10.7. The number of halogens is 2. The highest BCUT2D eigenvalue weighted by Gasteiger charge is 2.22. The zero-order valence-corrected chi connectivity index (χ0v) is 31.0. The van der Waals surface area contributed by atoms with Crippen molar-refractivity contribution in [3.63, 3.8) is 0 Å². The SMILES string of the molecule is CCCCc1cc(C)c(-n2c3ccc(Br)cc3c3cc4c(cc32)c2cc(Br)ccc2n4-c2c(C)cc(CCCC)cc2C)c(C)c1. The van der Waals surface area contributed by atoms with E-state index in [-0.39, 0.29) is 0 Å². The minimum Gasteiger partial charge on any atom is -0.309 e. The van der Waals surface area contributed by atoms with Crippen LogP contribution < -0.4 is 0 Å². The summed E-state index contributed by atoms with van der Waals surface area (Å²) in [4.78, 5) is 0. The predicted molar refractivity (Wildman–Crippen MR) is 207 cm³/mol. The van der Waals surface area contributed by atoms with Crippen LogP contribution in [0, 0.1) is 27.7 Å². The summed E-state index contributed by atoms with van der Waals surface area (Å²) < 4.78 is 7.23. The third kappa shape index (κ3) is 5.22. The molecule has 2 heterocycles. The monoisotopic (exact) mass is 732 g/mol. The second-order valence-corrected chi connectivity index (χ2v) is 15.1. The van der Waals surface area contributed by atoms with Gasteiger partial charge in [-0.2, -0.15) is 0 Å². The molecule has 0 bridgehead atoms. The molecule has 0 amide bonds. The molecule has 0 saturated carbocycles. The lowest BCUT2D eigenvalue weighted by Crippen LogP contribution is -2.03. The summed E-state index contributed by atoms with van der Waals surface area (Å²) in [5.41, 5.74) is 15.7. The van der Waals surface area contributed by atoms with Crippen molar-refractivity contribution >= 4 is 75.5 Å². The number of fused-ring (bicyclic) bond motifs is 6. The highest BCUT2D eigenvalue weighted by molar-refractivity contribution is 9.10. The highest BCUT2D eigenvalue weighted by Crippen LogP contribution is 2.42. The molecule has 5 aromatic carbocycles. The Hall–Kier alpha value is -3.34. The minimum absolute atomic E-state index is 1.10. The van der Waals surface area contributed by atoms with Crippen LogP contribution in [0.25, 0.3) is 55.0 Å². The van der Waals surface area contributed by atoms with Gasteiger partial charge in [-0.15, -0.1) is 0 Å². The van der Waals surface area contributed by atoms with Crippen molar-refractivity contribution in [1.29, 1.82) is 0 Å². The van der Waals surface area contributed by atoms with Crippen LogP contribution in [0.5, 0.6) is 0 Å². The summed E-state index contributed by atoms with van der Waals surface area (Å²) in [6, 6.07) is 28.0. The quantitative estimate of drug-likeness (QED) is 0.147. The lowest BCUT2D eigenvalue weighted by Gasteiger charge is -2.17. The van der Waals surface area contributed by atoms with Gasteiger partial charge in [-0.3, -0.25) is 0 Å². The van der Waals surface area contributed by atoms with Gasteiger partial charge in [0.25, 0.3) is 0 Å². The zero-order chi connectivity index (χ0) is 32.3. The Labute approximate surface area is 289 Å². The van der Waals surface area contributed by atoms with Gasteiger partial charge in [0.15, 0.2) is 0 Å². The number of unbranched alkanes of at least 4 members (excludes halogenated alkanes) is 2. The van der Waals surface area contributed by atoms with Gasteiger partial charge in [0, 0.05) is 30.5 Å². The van der Waals surface area contributed by atoms with Gasteiger partial charge in [0.05, 0.1) is 33.4 Å². The summed E-state index contributed by atoms with van der Waals surface area (Å²) in [5, 5.41) is 5.08. The molecule has 2 nitrogen and oxygen atoms in total. The molecule has 7 rings (SSSR count). The number of hydrogen-bond donors (Lipinski definition) is 0. The average molecular weight is 735 g/mol. The van der Waals surface area contributed by atoms with Crippen LogP contribution in [0.15, 0.2) is 81.7 Å². The first-order chi connectivity index (χ1) is 22.2. The Morgan fingerprint density at radius 3 is 1.15 bits per heavy atom. The smallest absolute Gasteiger partial charge is 0.0549 e. The highest BCUT2D eigenvalue weighted by atomic mass is 79.9. The van der Waals surface area contributed by atoms with Crippen molar-refractivity contribution in [3.8, 4) is 11.4 Å². The number of benzene rings is 5. The molecule has 0 N–H and O–H groups in total. The van der Waals surface area contributed by atoms with Gasteiger partial charge in [-0.25, -0.2) is 0 Å². The van der Waals surface area contributed by atoms with E-state index in [1.54, 1.807) is 0 Å². The molecular formula is C42H42Br2N2. The van der Waals surface area contributed by atoms with E-state index in [0.29, 0.717) is 0 Å². The molecule has 0 aliphatic rings. The van der Waals surface area contributed by atoms with Gasteiger partial charge in [-0.1, -0.05) is 82.8 Å². The first-order valence-corrected chi connectivity index (χ1v) is 18.4. The number of aryl methyl sites for hydroxylation is 6. The van der Waals surface area contributed by atoms with E-state index in [1.807, 2.05) is 0 Å². The van der Waals surface area contributed by atoms with Crippen molar-refractivity contribution in [2.24, 2.45) is 0 Å². The van der Waals surface area contributed by atoms with Gasteiger partial charge in [0.2, 0.25) is 0 Å². The molecule has 0 saturated heterocycles. The Bertz CT molecular complexity index is 2090. The minimum atomic E-state index is 1.10. The number of aromatic nitrogens is 2. The van der Waals surface area contributed by atoms with Gasteiger partial charge < -0.3 is 9.13 Å². The molecule has 0 aliphatic carbocycles. The molecule has 7 aromatic rings. The second-order valence-electron chi connectivity index (χ2n) is 13.2. The fourth-order valence-corrected chi connectivity index (χ4v) is 8.53. The summed E-state index contributed by atoms with van der Waals surface area (Å²) in [6.45, 7) is 13.7. The van der Waals surface area contributed by atoms with E-state index in [0.717, 1.165) is 21.8 Å². The van der Waals surface area contributed by atoms with Gasteiger partial charge >= 0.3 is 0 Å². The standard InChI is InChI=1S/C42H42Br2N2/c1-7-9-11-29-17-25(3)41(26(4)18-29)45-37-15-13-31(43)21-33(37)35-24-40-36(23-39(35)45)34-22-32(44)14-16-38(34)46(40)42-27(5)19-30(12-10-8-2)20-28(42)6/h13-24H,7-12H2,1-6H3. The molecule has 0 radical (unpaired) electrons. The fraction of sp³-hybridized carbons (Fsp3) is 0.286. The van der Waals surface area contributed by atoms with Crippen molar-refractivity contribution in [3.05, 3.63) is 115 Å². The maximum atomic E-state index is 3.81. The lowest BCUT2D eigenvalue weighted by molar-refractivity contribution is 0.793. The van der Waals surface area contributed by atoms with E-state index >= 15 is 0 Å². The molecule has 0 spiro atoms. The maximum absolute atomic E-state index is 3.81. The van der Waals surface area contributed by atoms with Crippen molar-refractivity contribution in [2.75, 3.05) is 0 Å². The lowest BCUT2D eigenvalue weighted by atomic mass is 10.00. The third-order valence-electron chi connectivity index (χ3n) is 9.76. The first-order valence-electron chi connectivity index (χ1n) is 16.8. The molecule has 0 aliphatic heterocycles. The van der Waals surface area contributed by atoms with Crippen LogP contribution in [0.4, 0.5) is 0 Å². The Balaban J connectivity index is 1.58. The summed E-state index contributed by atoms with van der Waals surface area (Å²) >= 11 is 7.61. The Morgan fingerprint density at radius 2 is 0.804 bits per heavy atom. The largest absolute Gasteiger partial charge is 0.309 e. The first kappa shape index (κ1) is 31.3. The normalized spacial score (nSPS) is 12.0. The Kier molecular flexibility index (Phi) is 8.40. The van der Waals surface area contributed by atoms with E-state index < -0.39 is 0 Å². The van der Waals surface area contributed by atoms with E-state index in [9.17, 15) is 0 Å². The zero-order valence-electron chi connectivity index (χ0n) is 27.8. The topological polar surface area (TPSA) is 9.86 Å². The van der Waals surface area contributed by atoms with Crippen LogP contribution in [0.2, 0.25) is 0 Å². The van der Waals surface area contributed by atoms with Crippen LogP contribution >= 0.6 is 31.9 Å². The Morgan fingerprint density at radius 1 is 0.457 bits per heavy atom. The van der Waals surface area contributed by atoms with Crippen LogP contribution in [-0.2, 0) is 12.8 Å². The average Bonchev–Trinajstić information content (AvgIpc) is 3.48. The summed E-state index contributed by atoms with van der Waals surface area (Å²) in [5.74, 6) is 0. The predicted octanol–water partition coefficient (Wildman–Crippen LogP) is 13.3. The number of hydrogen-bond acceptors (Lipinski definition) is 0. The number of rotatable bonds is 8. The molecule has 234 valence electrons. The summed E-state index contributed by atoms with van der Waals surface area (Å²) in [7, 11) is 0. The van der Waals surface area contributed by atoms with E-state index in [4.69, 9.17) is 0 Å². The summed E-state index contributed by atoms with van der Waals surface area (Å²) in [6.07, 6.45) is 7.13. The van der Waals surface area contributed by atoms with E-state index in [2.05, 4.69) is 155 Å². The molecule has 4 heteroatoms. The second kappa shape index (κ2) is 12.4. The van der Waals surface area contributed by atoms with Crippen LogP contribution in [-0.4, -0.2) is 9.13 Å². The fourth-order valence-electron chi connectivity index (χ4n) is 7.80. The van der Waals surface area contributed by atoms with E-state index in [1.165, 1.54) is 114 Å². The molecule has 0 fully saturated rings. The number of nitrogens with zero attached hydrogens (tertiary/aromatic N) is 2. The van der Waals surface area contributed by atoms with Crippen LogP contribution in [0.1, 0.15) is 72.9 Å². The molecule has 0 atom stereocenters. The van der Waals surface area contributed by atoms with Crippen molar-refractivity contribution in [1.82, 2.24) is 9.13 Å². The maximum Gasteiger partial charge on any atom is 0.0549 e. The van der Waals surface area contributed by atoms with Crippen LogP contribution in [0.3, 0.4) is 0 Å². The molecule has 46 heavy (non-hydrogen) atoms.